The van der Waals surface area contributed by atoms with Gasteiger partial charge in [-0.3, -0.25) is 28.9 Å². The van der Waals surface area contributed by atoms with Crippen LogP contribution in [0, 0.1) is 5.92 Å². The number of aromatic amines is 1. The number of carbonyl (C=O) groups excluding carboxylic acids is 2. The number of fused-ring (bicyclic) bond motifs is 2. The molecule has 0 radical (unpaired) electrons. The molecule has 1 N–H and O–H groups in total. The number of rotatable bonds is 9. The predicted octanol–water partition coefficient (Wildman–Crippen LogP) is 5.33. The monoisotopic (exact) mass is 796 g/mol. The summed E-state index contributed by atoms with van der Waals surface area (Å²) >= 11 is 0. The van der Waals surface area contributed by atoms with E-state index in [2.05, 4.69) is 35.3 Å². The first-order valence-electron chi connectivity index (χ1n) is 20.2. The highest BCUT2D eigenvalue weighted by molar-refractivity contribution is 6.05. The quantitative estimate of drug-likeness (QED) is 0.204. The Bertz CT molecular complexity index is 2730. The summed E-state index contributed by atoms with van der Waals surface area (Å²) in [5, 5.41) is 5.05. The van der Waals surface area contributed by atoms with Gasteiger partial charge in [0, 0.05) is 62.1 Å². The second-order valence-electron chi connectivity index (χ2n) is 16.0. The molecule has 3 aliphatic heterocycles. The van der Waals surface area contributed by atoms with E-state index >= 15 is 4.79 Å². The lowest BCUT2D eigenvalue weighted by molar-refractivity contribution is 0.0717. The van der Waals surface area contributed by atoms with Crippen LogP contribution in [0.25, 0.3) is 16.6 Å². The number of hydrogen-bond acceptors (Lipinski definition) is 9. The molecule has 0 bridgehead atoms. The van der Waals surface area contributed by atoms with Crippen molar-refractivity contribution < 1.29 is 23.6 Å². The predicted molar refractivity (Wildman–Crippen MR) is 218 cm³/mol. The highest BCUT2D eigenvalue weighted by atomic mass is 16.5. The molecule has 6 heterocycles. The molecule has 302 valence electrons. The molecule has 1 aliphatic carbocycles. The number of para-hydroxylation sites is 1. The van der Waals surface area contributed by atoms with Gasteiger partial charge in [-0.1, -0.05) is 48.5 Å². The molecule has 2 unspecified atom stereocenters. The van der Waals surface area contributed by atoms with Crippen LogP contribution < -0.4 is 21.1 Å². The SMILES string of the molecule is COCc1cccc(-n2c(N3CCN(c4ccccc4)C3=O)nc3c(c2=O)CCN(C(=O)c2cc4cc(C5CCOCC5)ccc4n2C2(c4noc(=O)[nH]4)CC2C)C3)c1. The highest BCUT2D eigenvalue weighted by Crippen LogP contribution is 2.56. The van der Waals surface area contributed by atoms with Crippen molar-refractivity contribution in [1.29, 1.82) is 0 Å². The first-order chi connectivity index (χ1) is 28.7. The average Bonchev–Trinajstić information content (AvgIpc) is 3.58. The minimum atomic E-state index is -0.802. The summed E-state index contributed by atoms with van der Waals surface area (Å²) in [6.45, 7) is 4.88. The number of urea groups is 1. The largest absolute Gasteiger partial charge is 0.438 e. The van der Waals surface area contributed by atoms with E-state index in [0.717, 1.165) is 35.0 Å². The second-order valence-corrected chi connectivity index (χ2v) is 16.0. The average molecular weight is 797 g/mol. The lowest BCUT2D eigenvalue weighted by atomic mass is 9.91. The van der Waals surface area contributed by atoms with Gasteiger partial charge < -0.3 is 18.9 Å². The van der Waals surface area contributed by atoms with Crippen LogP contribution in [-0.4, -0.2) is 81.1 Å². The van der Waals surface area contributed by atoms with E-state index in [4.69, 9.17) is 19.0 Å². The summed E-state index contributed by atoms with van der Waals surface area (Å²) in [5.41, 5.74) is 4.52. The second kappa shape index (κ2) is 14.5. The van der Waals surface area contributed by atoms with Gasteiger partial charge in [-0.2, -0.15) is 0 Å². The number of anilines is 2. The Balaban J connectivity index is 1.06. The van der Waals surface area contributed by atoms with Gasteiger partial charge in [-0.15, -0.1) is 0 Å². The molecule has 3 aromatic carbocycles. The smallest absolute Gasteiger partial charge is 0.381 e. The number of aromatic nitrogens is 5. The number of methoxy groups -OCH3 is 1. The van der Waals surface area contributed by atoms with Crippen LogP contribution in [0.3, 0.4) is 0 Å². The lowest BCUT2D eigenvalue weighted by Crippen LogP contribution is -2.43. The van der Waals surface area contributed by atoms with Crippen molar-refractivity contribution in [3.8, 4) is 5.69 Å². The normalized spacial score (nSPS) is 20.7. The summed E-state index contributed by atoms with van der Waals surface area (Å²) < 4.78 is 19.6. The van der Waals surface area contributed by atoms with E-state index in [-0.39, 0.29) is 48.9 Å². The third-order valence-electron chi connectivity index (χ3n) is 12.6. The number of benzene rings is 3. The first-order valence-corrected chi connectivity index (χ1v) is 20.2. The molecule has 4 aliphatic rings. The van der Waals surface area contributed by atoms with Gasteiger partial charge in [0.25, 0.3) is 11.5 Å². The number of ether oxygens (including phenoxy) is 2. The molecular formula is C44H44N8O7. The lowest BCUT2D eigenvalue weighted by Gasteiger charge is -2.31. The van der Waals surface area contributed by atoms with Crippen molar-refractivity contribution in [2.24, 2.45) is 5.92 Å². The Morgan fingerprint density at radius 3 is 2.46 bits per heavy atom. The summed E-state index contributed by atoms with van der Waals surface area (Å²) in [5.74, 6) is 0.0664. The Labute approximate surface area is 338 Å². The molecule has 3 aromatic heterocycles. The third-order valence-corrected chi connectivity index (χ3v) is 12.6. The van der Waals surface area contributed by atoms with Gasteiger partial charge in [0.15, 0.2) is 5.82 Å². The Morgan fingerprint density at radius 1 is 0.932 bits per heavy atom. The molecule has 6 aromatic rings. The van der Waals surface area contributed by atoms with Gasteiger partial charge in [-0.05, 0) is 91.1 Å². The van der Waals surface area contributed by atoms with Crippen molar-refractivity contribution >= 4 is 34.5 Å². The maximum absolute atomic E-state index is 15.0. The van der Waals surface area contributed by atoms with Crippen LogP contribution in [0.4, 0.5) is 16.4 Å². The fourth-order valence-electron chi connectivity index (χ4n) is 9.43. The van der Waals surface area contributed by atoms with Crippen molar-refractivity contribution in [2.45, 2.75) is 57.2 Å². The van der Waals surface area contributed by atoms with E-state index in [1.807, 2.05) is 65.2 Å². The maximum atomic E-state index is 15.0. The fourth-order valence-corrected chi connectivity index (χ4v) is 9.43. The molecular weight excluding hydrogens is 753 g/mol. The molecule has 3 amide bonds. The van der Waals surface area contributed by atoms with Gasteiger partial charge in [-0.25, -0.2) is 19.1 Å². The fraction of sp³-hybridized carbons (Fsp3) is 0.364. The molecule has 10 rings (SSSR count). The standard InChI is InChI=1S/C44H44N8O7/c1-27-24-44(27,40-46-42(55)59-47-40)52-36-12-11-30(29-14-19-58-20-15-29)22-31(36)23-37(52)39(54)48-16-13-34-35(25-48)45-41(50-18-17-49(43(50)56)32-8-4-3-5-9-32)51(38(34)53)33-10-6-7-28(21-33)26-57-2/h3-12,21-23,27,29H,13-20,24-26H2,1-2H3,(H,46,47,55). The third kappa shape index (κ3) is 6.18. The van der Waals surface area contributed by atoms with Crippen LogP contribution >= 0.6 is 0 Å². The number of hydrogen-bond donors (Lipinski definition) is 1. The zero-order chi connectivity index (χ0) is 40.4. The number of nitrogens with one attached hydrogen (secondary N) is 1. The zero-order valence-corrected chi connectivity index (χ0v) is 32.9. The van der Waals surface area contributed by atoms with Crippen LogP contribution in [-0.2, 0) is 34.6 Å². The van der Waals surface area contributed by atoms with E-state index in [1.165, 1.54) is 10.1 Å². The van der Waals surface area contributed by atoms with Crippen LogP contribution in [0.15, 0.2) is 93.0 Å². The molecule has 2 atom stereocenters. The molecule has 3 fully saturated rings. The van der Waals surface area contributed by atoms with Gasteiger partial charge in [0.05, 0.1) is 24.5 Å². The first kappa shape index (κ1) is 37.0. The van der Waals surface area contributed by atoms with Gasteiger partial charge >= 0.3 is 11.8 Å². The minimum Gasteiger partial charge on any atom is -0.381 e. The molecule has 0 spiro atoms. The van der Waals surface area contributed by atoms with E-state index < -0.39 is 11.3 Å². The zero-order valence-electron chi connectivity index (χ0n) is 32.9. The summed E-state index contributed by atoms with van der Waals surface area (Å²) in [7, 11) is 1.61. The summed E-state index contributed by atoms with van der Waals surface area (Å²) in [6, 6.07) is 24.9. The topological polar surface area (TPSA) is 161 Å². The molecule has 15 heteroatoms. The van der Waals surface area contributed by atoms with E-state index in [1.54, 1.807) is 21.8 Å². The highest BCUT2D eigenvalue weighted by Gasteiger charge is 2.59. The number of H-pyrrole nitrogens is 1. The van der Waals surface area contributed by atoms with Gasteiger partial charge in [0.2, 0.25) is 5.95 Å². The van der Waals surface area contributed by atoms with Crippen molar-refractivity contribution in [2.75, 3.05) is 49.8 Å². The summed E-state index contributed by atoms with van der Waals surface area (Å²) in [6.07, 6.45) is 2.76. The summed E-state index contributed by atoms with van der Waals surface area (Å²) in [4.78, 5) is 69.0. The van der Waals surface area contributed by atoms with Crippen molar-refractivity contribution in [1.82, 2.24) is 29.2 Å². The molecule has 1 saturated carbocycles. The van der Waals surface area contributed by atoms with Crippen LogP contribution in [0.1, 0.15) is 70.8 Å². The van der Waals surface area contributed by atoms with Crippen LogP contribution in [0.5, 0.6) is 0 Å². The Morgan fingerprint density at radius 2 is 1.71 bits per heavy atom. The Kier molecular flexibility index (Phi) is 9.09. The van der Waals surface area contributed by atoms with Gasteiger partial charge in [0.1, 0.15) is 11.2 Å². The number of amides is 3. The van der Waals surface area contributed by atoms with Crippen molar-refractivity contribution in [3.63, 3.8) is 0 Å². The molecule has 15 nitrogen and oxygen atoms in total. The minimum absolute atomic E-state index is 0.0428. The van der Waals surface area contributed by atoms with E-state index in [0.29, 0.717) is 73.7 Å². The van der Waals surface area contributed by atoms with Crippen LogP contribution in [0.2, 0.25) is 0 Å². The molecule has 59 heavy (non-hydrogen) atoms. The molecule has 2 saturated heterocycles. The van der Waals surface area contributed by atoms with Crippen molar-refractivity contribution in [3.05, 3.63) is 134 Å². The maximum Gasteiger partial charge on any atom is 0.438 e. The number of carbonyl (C=O) groups is 2. The van der Waals surface area contributed by atoms with E-state index in [9.17, 15) is 14.4 Å². The Hall–Kier alpha value is -6.32. The number of nitrogens with zero attached hydrogens (tertiary/aromatic N) is 7.